The van der Waals surface area contributed by atoms with Crippen molar-refractivity contribution in [2.75, 3.05) is 13.7 Å². The molecule has 0 amide bonds. The van der Waals surface area contributed by atoms with Crippen LogP contribution in [0.5, 0.6) is 17.4 Å². The van der Waals surface area contributed by atoms with Gasteiger partial charge in [-0.05, 0) is 66.8 Å². The van der Waals surface area contributed by atoms with Crippen LogP contribution in [0.15, 0.2) is 77.9 Å². The van der Waals surface area contributed by atoms with Crippen LogP contribution in [0.4, 0.5) is 4.39 Å². The second-order valence-corrected chi connectivity index (χ2v) is 8.49. The van der Waals surface area contributed by atoms with E-state index < -0.39 is 5.95 Å². The Kier molecular flexibility index (Phi) is 7.33. The first-order valence-electron chi connectivity index (χ1n) is 11.9. The van der Waals surface area contributed by atoms with E-state index in [-0.39, 0.29) is 18.7 Å². The number of ether oxygens (including phenoxy) is 3. The summed E-state index contributed by atoms with van der Waals surface area (Å²) in [5, 5.41) is 4.86. The van der Waals surface area contributed by atoms with Crippen LogP contribution in [0.2, 0.25) is 0 Å². The number of nitrogens with zero attached hydrogens (tertiary/aromatic N) is 4. The first-order chi connectivity index (χ1) is 17.7. The lowest BCUT2D eigenvalue weighted by atomic mass is 10.1. The van der Waals surface area contributed by atoms with E-state index in [2.05, 4.69) is 9.98 Å². The molecule has 0 saturated carbocycles. The fourth-order valence-corrected chi connectivity index (χ4v) is 4.06. The Balaban J connectivity index is 1.42. The van der Waals surface area contributed by atoms with Gasteiger partial charge in [0.05, 0.1) is 6.20 Å². The van der Waals surface area contributed by atoms with Crippen molar-refractivity contribution in [1.82, 2.24) is 14.8 Å². The number of benzene rings is 2. The molecule has 1 aliphatic rings. The molecule has 1 aliphatic heterocycles. The number of halogens is 1. The highest BCUT2D eigenvalue weighted by Crippen LogP contribution is 2.35. The molecule has 0 aliphatic carbocycles. The molecule has 0 radical (unpaired) electrons. The van der Waals surface area contributed by atoms with Crippen molar-refractivity contribution in [3.05, 3.63) is 90.0 Å². The minimum absolute atomic E-state index is 0.122. The van der Waals surface area contributed by atoms with Crippen molar-refractivity contribution in [2.45, 2.75) is 32.1 Å². The van der Waals surface area contributed by atoms with Crippen molar-refractivity contribution >= 4 is 6.21 Å². The first-order valence-corrected chi connectivity index (χ1v) is 11.9. The summed E-state index contributed by atoms with van der Waals surface area (Å²) >= 11 is 0. The van der Waals surface area contributed by atoms with Crippen LogP contribution in [0.1, 0.15) is 36.6 Å². The predicted molar refractivity (Wildman–Crippen MR) is 135 cm³/mol. The van der Waals surface area contributed by atoms with E-state index in [1.807, 2.05) is 59.4 Å². The number of hydrogen-bond acceptors (Lipinski definition) is 6. The van der Waals surface area contributed by atoms with E-state index in [1.54, 1.807) is 25.4 Å². The van der Waals surface area contributed by atoms with Crippen molar-refractivity contribution in [3.8, 4) is 28.6 Å². The third-order valence-corrected chi connectivity index (χ3v) is 5.81. The van der Waals surface area contributed by atoms with Crippen LogP contribution < -0.4 is 9.47 Å². The fraction of sp³-hybridized carbons (Fsp3) is 0.250. The summed E-state index contributed by atoms with van der Waals surface area (Å²) < 4.78 is 33.2. The Morgan fingerprint density at radius 1 is 1.11 bits per heavy atom. The highest BCUT2D eigenvalue weighted by atomic mass is 19.1. The number of aliphatic imine (C=N–C) groups is 1. The van der Waals surface area contributed by atoms with Crippen molar-refractivity contribution in [3.63, 3.8) is 0 Å². The topological polar surface area (TPSA) is 70.8 Å². The maximum absolute atomic E-state index is 13.4. The summed E-state index contributed by atoms with van der Waals surface area (Å²) in [5.41, 5.74) is 3.48. The second kappa shape index (κ2) is 11.1. The molecular formula is C28H27FN4O3. The third kappa shape index (κ3) is 5.78. The lowest BCUT2D eigenvalue weighted by Crippen LogP contribution is -2.18. The van der Waals surface area contributed by atoms with Gasteiger partial charge in [0.15, 0.2) is 5.75 Å². The van der Waals surface area contributed by atoms with Gasteiger partial charge >= 0.3 is 0 Å². The number of rotatable bonds is 8. The maximum Gasteiger partial charge on any atom is 0.216 e. The van der Waals surface area contributed by atoms with Gasteiger partial charge in [0, 0.05) is 31.5 Å². The fourth-order valence-electron chi connectivity index (χ4n) is 4.06. The molecule has 4 aromatic rings. The smallest absolute Gasteiger partial charge is 0.216 e. The molecule has 2 aromatic carbocycles. The molecule has 0 spiro atoms. The Bertz CT molecular complexity index is 1330. The van der Waals surface area contributed by atoms with Gasteiger partial charge in [-0.3, -0.25) is 4.99 Å². The van der Waals surface area contributed by atoms with Gasteiger partial charge in [0.1, 0.15) is 24.3 Å². The van der Waals surface area contributed by atoms with Gasteiger partial charge in [-0.25, -0.2) is 4.68 Å². The average molecular weight is 487 g/mol. The van der Waals surface area contributed by atoms with Crippen LogP contribution in [-0.2, 0) is 11.3 Å². The monoisotopic (exact) mass is 486 g/mol. The van der Waals surface area contributed by atoms with Gasteiger partial charge in [0.2, 0.25) is 11.8 Å². The van der Waals surface area contributed by atoms with Crippen molar-refractivity contribution in [2.24, 2.45) is 4.99 Å². The molecule has 8 heteroatoms. The molecule has 184 valence electrons. The summed E-state index contributed by atoms with van der Waals surface area (Å²) in [6.45, 7) is 0.963. The second-order valence-electron chi connectivity index (χ2n) is 8.49. The SMILES string of the molecule is C/N=C\c1ccc(Oc2cn(C3CCCCO3)nc2-c2cccc(COc3cccc(F)n3)c2)cc1. The zero-order valence-electron chi connectivity index (χ0n) is 20.0. The Labute approximate surface area is 209 Å². The highest BCUT2D eigenvalue weighted by Gasteiger charge is 2.21. The van der Waals surface area contributed by atoms with E-state index in [4.69, 9.17) is 19.3 Å². The zero-order valence-corrected chi connectivity index (χ0v) is 20.0. The third-order valence-electron chi connectivity index (χ3n) is 5.81. The van der Waals surface area contributed by atoms with E-state index >= 15 is 0 Å². The van der Waals surface area contributed by atoms with Crippen molar-refractivity contribution in [1.29, 1.82) is 0 Å². The number of aromatic nitrogens is 3. The standard InChI is InChI=1S/C28H27FN4O3/c1-30-17-20-11-13-23(14-12-20)36-24-18-33(27-10-2-3-15-34-27)32-28(24)22-7-4-6-21(16-22)19-35-26-9-5-8-25(29)31-26/h4-9,11-14,16-18,27H,2-3,10,15,19H2,1H3/b30-17-. The van der Waals surface area contributed by atoms with E-state index in [0.717, 1.165) is 42.6 Å². The highest BCUT2D eigenvalue weighted by molar-refractivity contribution is 5.79. The minimum atomic E-state index is -0.575. The minimum Gasteiger partial charge on any atom is -0.473 e. The molecule has 2 aromatic heterocycles. The lowest BCUT2D eigenvalue weighted by molar-refractivity contribution is -0.0394. The van der Waals surface area contributed by atoms with Gasteiger partial charge in [-0.2, -0.15) is 14.5 Å². The van der Waals surface area contributed by atoms with Gasteiger partial charge in [-0.15, -0.1) is 0 Å². The molecule has 5 rings (SSSR count). The van der Waals surface area contributed by atoms with Crippen LogP contribution >= 0.6 is 0 Å². The van der Waals surface area contributed by atoms with Gasteiger partial charge in [0.25, 0.3) is 0 Å². The molecule has 0 N–H and O–H groups in total. The van der Waals surface area contributed by atoms with Crippen LogP contribution in [0, 0.1) is 5.95 Å². The van der Waals surface area contributed by atoms with Crippen LogP contribution in [0.25, 0.3) is 11.3 Å². The Morgan fingerprint density at radius 2 is 1.97 bits per heavy atom. The number of pyridine rings is 1. The molecule has 36 heavy (non-hydrogen) atoms. The summed E-state index contributed by atoms with van der Waals surface area (Å²) in [6, 6.07) is 20.0. The van der Waals surface area contributed by atoms with Crippen LogP contribution in [0.3, 0.4) is 0 Å². The maximum atomic E-state index is 13.4. The zero-order chi connectivity index (χ0) is 24.7. The molecule has 0 bridgehead atoms. The molecule has 7 nitrogen and oxygen atoms in total. The normalized spacial score (nSPS) is 15.8. The van der Waals surface area contributed by atoms with E-state index in [0.29, 0.717) is 17.2 Å². The van der Waals surface area contributed by atoms with Gasteiger partial charge < -0.3 is 14.2 Å². The summed E-state index contributed by atoms with van der Waals surface area (Å²) in [4.78, 5) is 7.81. The Hall–Kier alpha value is -4.04. The lowest BCUT2D eigenvalue weighted by Gasteiger charge is -2.22. The van der Waals surface area contributed by atoms with E-state index in [9.17, 15) is 4.39 Å². The summed E-state index contributed by atoms with van der Waals surface area (Å²) in [6.07, 6.45) is 6.62. The summed E-state index contributed by atoms with van der Waals surface area (Å²) in [7, 11) is 1.74. The summed E-state index contributed by atoms with van der Waals surface area (Å²) in [5.74, 6) is 0.990. The quantitative estimate of drug-likeness (QED) is 0.219. The first kappa shape index (κ1) is 23.7. The Morgan fingerprint density at radius 3 is 2.75 bits per heavy atom. The number of hydrogen-bond donors (Lipinski definition) is 0. The molecular weight excluding hydrogens is 459 g/mol. The van der Waals surface area contributed by atoms with Gasteiger partial charge in [-0.1, -0.05) is 24.3 Å². The predicted octanol–water partition coefficient (Wildman–Crippen LogP) is 6.20. The van der Waals surface area contributed by atoms with Crippen LogP contribution in [-0.4, -0.2) is 34.6 Å². The molecule has 1 fully saturated rings. The molecule has 1 atom stereocenters. The van der Waals surface area contributed by atoms with Crippen molar-refractivity contribution < 1.29 is 18.6 Å². The molecule has 1 unspecified atom stereocenters. The molecule has 3 heterocycles. The molecule has 1 saturated heterocycles. The largest absolute Gasteiger partial charge is 0.473 e. The van der Waals surface area contributed by atoms with E-state index in [1.165, 1.54) is 6.07 Å². The average Bonchev–Trinajstić information content (AvgIpc) is 3.33.